The molecule has 0 N–H and O–H groups in total. The summed E-state index contributed by atoms with van der Waals surface area (Å²) in [5, 5.41) is -0.00717. The summed E-state index contributed by atoms with van der Waals surface area (Å²) in [6.07, 6.45) is 3.08. The number of ether oxygens (including phenoxy) is 5. The molecule has 5 rings (SSSR count). The van der Waals surface area contributed by atoms with E-state index in [0.29, 0.717) is 12.8 Å². The third-order valence-electron chi connectivity index (χ3n) is 10.3. The maximum Gasteiger partial charge on any atom is 0.317 e. The van der Waals surface area contributed by atoms with Crippen molar-refractivity contribution in [1.29, 1.82) is 0 Å². The molecule has 2 saturated heterocycles. The Bertz CT molecular complexity index is 1200. The van der Waals surface area contributed by atoms with Gasteiger partial charge in [0.15, 0.2) is 14.6 Å². The monoisotopic (exact) mass is 600 g/mol. The minimum atomic E-state index is -2.20. The number of methoxy groups -OCH3 is 1. The van der Waals surface area contributed by atoms with Gasteiger partial charge < -0.3 is 28.1 Å². The molecule has 1 saturated carbocycles. The van der Waals surface area contributed by atoms with Crippen molar-refractivity contribution < 1.29 is 37.7 Å². The van der Waals surface area contributed by atoms with Crippen LogP contribution in [0.5, 0.6) is 0 Å². The van der Waals surface area contributed by atoms with Crippen LogP contribution >= 0.6 is 0 Å². The topological polar surface area (TPSA) is 89.5 Å². The van der Waals surface area contributed by atoms with Crippen molar-refractivity contribution in [2.45, 2.75) is 103 Å². The Hall–Kier alpha value is -2.04. The third-order valence-corrected chi connectivity index (χ3v) is 14.8. The molecule has 3 fully saturated rings. The van der Waals surface area contributed by atoms with Gasteiger partial charge in [0.05, 0.1) is 50.2 Å². The Morgan fingerprint density at radius 3 is 2.31 bits per heavy atom. The summed E-state index contributed by atoms with van der Waals surface area (Å²) in [5.41, 5.74) is -1.48. The first kappa shape index (κ1) is 31.4. The van der Waals surface area contributed by atoms with Crippen molar-refractivity contribution in [3.05, 3.63) is 48.0 Å². The number of benzene rings is 1. The highest BCUT2D eigenvalue weighted by molar-refractivity contribution is 6.74. The molecule has 232 valence electrons. The van der Waals surface area contributed by atoms with Crippen LogP contribution in [0.3, 0.4) is 0 Å². The smallest absolute Gasteiger partial charge is 0.317 e. The summed E-state index contributed by atoms with van der Waals surface area (Å²) in [7, 11) is -0.766. The number of hydrogen-bond donors (Lipinski definition) is 0. The molecule has 1 aromatic rings. The number of esters is 2. The lowest BCUT2D eigenvalue weighted by Gasteiger charge is -2.61. The van der Waals surface area contributed by atoms with E-state index in [4.69, 9.17) is 28.1 Å². The van der Waals surface area contributed by atoms with Gasteiger partial charge in [-0.1, -0.05) is 63.3 Å². The second-order valence-corrected chi connectivity index (χ2v) is 19.7. The predicted octanol–water partition coefficient (Wildman–Crippen LogP) is 5.97. The average molecular weight is 601 g/mol. The van der Waals surface area contributed by atoms with Crippen LogP contribution < -0.4 is 0 Å². The maximum atomic E-state index is 14.0. The zero-order valence-electron chi connectivity index (χ0n) is 26.6. The number of fused-ring (bicyclic) bond motifs is 4. The summed E-state index contributed by atoms with van der Waals surface area (Å²) < 4.78 is 38.3. The quantitative estimate of drug-likeness (QED) is 0.215. The number of carbonyl (C=O) groups is 2. The molecule has 8 atom stereocenters. The number of carbonyl (C=O) groups excluding carboxylic acids is 2. The molecule has 0 radical (unpaired) electrons. The molecule has 9 heteroatoms. The van der Waals surface area contributed by atoms with Crippen molar-refractivity contribution in [2.24, 2.45) is 22.2 Å². The summed E-state index contributed by atoms with van der Waals surface area (Å²) in [5.74, 6) is -0.962. The highest BCUT2D eigenvalue weighted by Gasteiger charge is 2.75. The molecule has 0 unspecified atom stereocenters. The van der Waals surface area contributed by atoms with Crippen LogP contribution in [0.25, 0.3) is 0 Å². The van der Waals surface area contributed by atoms with Gasteiger partial charge >= 0.3 is 11.9 Å². The Morgan fingerprint density at radius 2 is 1.69 bits per heavy atom. The minimum Gasteiger partial charge on any atom is -0.468 e. The van der Waals surface area contributed by atoms with E-state index in [1.165, 1.54) is 7.11 Å². The standard InChI is InChI=1S/C33H48O8Si/c1-30(2,3)28(34)37-18-17-32-16-15-22(41-42(8,9)31(4,5)6)25-26(32)33(20-38-25,29(35)36-7)24-19-23(32)39-27(40-24)21-13-11-10-12-14-21/h10-16,22-27H,17-20H2,1-9H3/t22-,23-,24+,25-,26+,27+,32+,33-/m1/s1. The molecule has 8 nitrogen and oxygen atoms in total. The van der Waals surface area contributed by atoms with Gasteiger partial charge in [-0.2, -0.15) is 0 Å². The van der Waals surface area contributed by atoms with Crippen LogP contribution in [0.2, 0.25) is 18.1 Å². The summed E-state index contributed by atoms with van der Waals surface area (Å²) in [6, 6.07) is 9.79. The van der Waals surface area contributed by atoms with E-state index >= 15 is 0 Å². The molecular formula is C33H48O8Si. The lowest BCUT2D eigenvalue weighted by Crippen LogP contribution is -2.69. The highest BCUT2D eigenvalue weighted by Crippen LogP contribution is 2.66. The van der Waals surface area contributed by atoms with Gasteiger partial charge in [0, 0.05) is 23.3 Å². The van der Waals surface area contributed by atoms with Gasteiger partial charge in [0.2, 0.25) is 0 Å². The van der Waals surface area contributed by atoms with Crippen LogP contribution in [0.15, 0.2) is 42.5 Å². The van der Waals surface area contributed by atoms with Gasteiger partial charge in [-0.15, -0.1) is 0 Å². The van der Waals surface area contributed by atoms with Crippen molar-refractivity contribution in [3.63, 3.8) is 0 Å². The van der Waals surface area contributed by atoms with Gasteiger partial charge in [0.25, 0.3) is 0 Å². The van der Waals surface area contributed by atoms with E-state index in [1.807, 2.05) is 51.1 Å². The fourth-order valence-corrected chi connectivity index (χ4v) is 8.27. The Labute approximate surface area is 251 Å². The zero-order valence-corrected chi connectivity index (χ0v) is 27.6. The van der Waals surface area contributed by atoms with E-state index in [9.17, 15) is 9.59 Å². The van der Waals surface area contributed by atoms with Crippen molar-refractivity contribution in [3.8, 4) is 0 Å². The highest BCUT2D eigenvalue weighted by atomic mass is 28.4. The average Bonchev–Trinajstić information content (AvgIpc) is 3.35. The molecule has 2 aliphatic carbocycles. The molecule has 2 heterocycles. The van der Waals surface area contributed by atoms with E-state index in [2.05, 4.69) is 46.0 Å². The molecule has 2 aliphatic heterocycles. The minimum absolute atomic E-state index is 0.00717. The fourth-order valence-electron chi connectivity index (χ4n) is 7.02. The first-order valence-corrected chi connectivity index (χ1v) is 18.1. The van der Waals surface area contributed by atoms with Crippen LogP contribution in [-0.4, -0.2) is 65.0 Å². The predicted molar refractivity (Wildman–Crippen MR) is 160 cm³/mol. The normalized spacial score (nSPS) is 35.8. The maximum absolute atomic E-state index is 14.0. The fraction of sp³-hybridized carbons (Fsp3) is 0.697. The molecule has 2 bridgehead atoms. The van der Waals surface area contributed by atoms with E-state index in [1.54, 1.807) is 0 Å². The number of hydrogen-bond acceptors (Lipinski definition) is 8. The summed E-state index contributed by atoms with van der Waals surface area (Å²) in [6.45, 7) is 17.0. The Balaban J connectivity index is 1.60. The third kappa shape index (κ3) is 5.09. The molecule has 1 aromatic carbocycles. The first-order valence-electron chi connectivity index (χ1n) is 15.2. The molecule has 0 amide bonds. The molecule has 4 aliphatic rings. The second-order valence-electron chi connectivity index (χ2n) is 15.0. The first-order chi connectivity index (χ1) is 19.6. The van der Waals surface area contributed by atoms with E-state index in [-0.39, 0.29) is 48.3 Å². The number of rotatable bonds is 7. The van der Waals surface area contributed by atoms with Crippen molar-refractivity contribution >= 4 is 20.3 Å². The van der Waals surface area contributed by atoms with Gasteiger partial charge in [-0.25, -0.2) is 0 Å². The molecule has 42 heavy (non-hydrogen) atoms. The van der Waals surface area contributed by atoms with Gasteiger partial charge in [-0.05, 0) is 45.3 Å². The zero-order chi connectivity index (χ0) is 30.7. The SMILES string of the molecule is COC(=O)[C@]12CO[C@@H]3[C@H](O[Si](C)(C)C(C)(C)C)C=C[C@](CCOC(=O)C(C)(C)C)([C@H]4C[C@@H]1O[C@@H](c1ccccc1)O4)[C@H]32. The van der Waals surface area contributed by atoms with Crippen molar-refractivity contribution in [1.82, 2.24) is 0 Å². The lowest BCUT2D eigenvalue weighted by molar-refractivity contribution is -0.327. The largest absolute Gasteiger partial charge is 0.468 e. The second kappa shape index (κ2) is 10.8. The summed E-state index contributed by atoms with van der Waals surface area (Å²) >= 11 is 0. The Morgan fingerprint density at radius 1 is 1.02 bits per heavy atom. The Kier molecular flexibility index (Phi) is 8.10. The van der Waals surface area contributed by atoms with Crippen LogP contribution in [0, 0.1) is 22.2 Å². The van der Waals surface area contributed by atoms with E-state index < -0.39 is 43.1 Å². The summed E-state index contributed by atoms with van der Waals surface area (Å²) in [4.78, 5) is 26.8. The van der Waals surface area contributed by atoms with Crippen molar-refractivity contribution in [2.75, 3.05) is 20.3 Å². The van der Waals surface area contributed by atoms with Crippen LogP contribution in [0.1, 0.15) is 66.2 Å². The molecule has 0 aromatic heterocycles. The molecular weight excluding hydrogens is 552 g/mol. The van der Waals surface area contributed by atoms with Gasteiger partial charge in [0.1, 0.15) is 5.41 Å². The van der Waals surface area contributed by atoms with Gasteiger partial charge in [-0.3, -0.25) is 9.59 Å². The van der Waals surface area contributed by atoms with Crippen LogP contribution in [-0.2, 0) is 37.7 Å². The van der Waals surface area contributed by atoms with E-state index in [0.717, 1.165) is 5.56 Å². The van der Waals surface area contributed by atoms with Crippen LogP contribution in [0.4, 0.5) is 0 Å². The molecule has 0 spiro atoms. The lowest BCUT2D eigenvalue weighted by atomic mass is 9.48.